The Hall–Kier alpha value is -0.860. The summed E-state index contributed by atoms with van der Waals surface area (Å²) >= 11 is 0. The fraction of sp³-hybridized carbons (Fsp3) is 0.625. The van der Waals surface area contributed by atoms with Crippen molar-refractivity contribution in [3.63, 3.8) is 0 Å². The molecular weight excluding hydrogens is 143 g/mol. The number of rotatable bonds is 2. The number of aryl methyl sites for hydroxylation is 1. The SMILES string of the molecule is CC(C)Cc1cnn(C)c1F. The van der Waals surface area contributed by atoms with Crippen molar-refractivity contribution >= 4 is 0 Å². The summed E-state index contributed by atoms with van der Waals surface area (Å²) in [5.41, 5.74) is 0.711. The van der Waals surface area contributed by atoms with Crippen molar-refractivity contribution in [3.05, 3.63) is 17.7 Å². The topological polar surface area (TPSA) is 17.8 Å². The largest absolute Gasteiger partial charge is 0.243 e. The Bertz CT molecular complexity index is 240. The summed E-state index contributed by atoms with van der Waals surface area (Å²) in [4.78, 5) is 0. The van der Waals surface area contributed by atoms with Gasteiger partial charge >= 0.3 is 0 Å². The van der Waals surface area contributed by atoms with E-state index in [4.69, 9.17) is 0 Å². The second kappa shape index (κ2) is 3.03. The van der Waals surface area contributed by atoms with E-state index in [9.17, 15) is 4.39 Å². The van der Waals surface area contributed by atoms with Gasteiger partial charge in [-0.3, -0.25) is 0 Å². The molecule has 11 heavy (non-hydrogen) atoms. The van der Waals surface area contributed by atoms with Gasteiger partial charge in [-0.2, -0.15) is 9.49 Å². The van der Waals surface area contributed by atoms with Crippen molar-refractivity contribution in [1.82, 2.24) is 9.78 Å². The molecule has 0 aliphatic heterocycles. The van der Waals surface area contributed by atoms with Crippen LogP contribution in [0, 0.1) is 11.9 Å². The second-order valence-electron chi connectivity index (χ2n) is 3.18. The molecule has 0 aliphatic rings. The van der Waals surface area contributed by atoms with Crippen molar-refractivity contribution in [2.45, 2.75) is 20.3 Å². The minimum Gasteiger partial charge on any atom is -0.243 e. The van der Waals surface area contributed by atoms with Crippen LogP contribution in [0.1, 0.15) is 19.4 Å². The summed E-state index contributed by atoms with van der Waals surface area (Å²) in [5.74, 6) is 0.271. The smallest absolute Gasteiger partial charge is 0.214 e. The van der Waals surface area contributed by atoms with Gasteiger partial charge in [-0.05, 0) is 12.3 Å². The van der Waals surface area contributed by atoms with E-state index in [1.165, 1.54) is 4.68 Å². The van der Waals surface area contributed by atoms with E-state index in [2.05, 4.69) is 18.9 Å². The molecule has 0 fully saturated rings. The maximum absolute atomic E-state index is 13.0. The average molecular weight is 156 g/mol. The van der Waals surface area contributed by atoms with Crippen molar-refractivity contribution in [2.75, 3.05) is 0 Å². The van der Waals surface area contributed by atoms with Gasteiger partial charge in [0.05, 0.1) is 6.20 Å². The zero-order valence-electron chi connectivity index (χ0n) is 7.13. The van der Waals surface area contributed by atoms with Crippen molar-refractivity contribution < 1.29 is 4.39 Å². The highest BCUT2D eigenvalue weighted by Crippen LogP contribution is 2.10. The highest BCUT2D eigenvalue weighted by Gasteiger charge is 2.08. The van der Waals surface area contributed by atoms with Gasteiger partial charge in [0.2, 0.25) is 5.95 Å². The Labute approximate surface area is 66.0 Å². The Morgan fingerprint density at radius 2 is 2.27 bits per heavy atom. The van der Waals surface area contributed by atoms with Gasteiger partial charge in [0.25, 0.3) is 0 Å². The molecule has 3 heteroatoms. The molecule has 1 heterocycles. The van der Waals surface area contributed by atoms with Gasteiger partial charge in [-0.15, -0.1) is 0 Å². The molecular formula is C8H13FN2. The monoisotopic (exact) mass is 156 g/mol. The molecule has 0 bridgehead atoms. The number of hydrogen-bond donors (Lipinski definition) is 0. The van der Waals surface area contributed by atoms with Crippen LogP contribution in [-0.2, 0) is 13.5 Å². The Morgan fingerprint density at radius 1 is 1.64 bits per heavy atom. The van der Waals surface area contributed by atoms with E-state index < -0.39 is 0 Å². The number of nitrogens with zero attached hydrogens (tertiary/aromatic N) is 2. The van der Waals surface area contributed by atoms with E-state index in [0.29, 0.717) is 11.5 Å². The van der Waals surface area contributed by atoms with Crippen molar-refractivity contribution in [3.8, 4) is 0 Å². The van der Waals surface area contributed by atoms with E-state index in [1.807, 2.05) is 0 Å². The number of halogens is 1. The van der Waals surface area contributed by atoms with Gasteiger partial charge in [-0.1, -0.05) is 13.8 Å². The highest BCUT2D eigenvalue weighted by atomic mass is 19.1. The van der Waals surface area contributed by atoms with E-state index in [0.717, 1.165) is 6.42 Å². The third kappa shape index (κ3) is 1.79. The van der Waals surface area contributed by atoms with Crippen molar-refractivity contribution in [1.29, 1.82) is 0 Å². The summed E-state index contributed by atoms with van der Waals surface area (Å²) in [7, 11) is 1.61. The second-order valence-corrected chi connectivity index (χ2v) is 3.18. The van der Waals surface area contributed by atoms with Crippen LogP contribution in [0.3, 0.4) is 0 Å². The van der Waals surface area contributed by atoms with Gasteiger partial charge in [0.1, 0.15) is 0 Å². The van der Waals surface area contributed by atoms with Gasteiger partial charge in [0.15, 0.2) is 0 Å². The van der Waals surface area contributed by atoms with Gasteiger partial charge in [-0.25, -0.2) is 4.68 Å². The zero-order valence-corrected chi connectivity index (χ0v) is 7.13. The van der Waals surface area contributed by atoms with Gasteiger partial charge < -0.3 is 0 Å². The normalized spacial score (nSPS) is 11.0. The molecule has 0 radical (unpaired) electrons. The zero-order chi connectivity index (χ0) is 8.43. The number of hydrogen-bond acceptors (Lipinski definition) is 1. The number of aromatic nitrogens is 2. The first-order chi connectivity index (χ1) is 5.11. The van der Waals surface area contributed by atoms with E-state index in [-0.39, 0.29) is 5.95 Å². The summed E-state index contributed by atoms with van der Waals surface area (Å²) < 4.78 is 14.3. The summed E-state index contributed by atoms with van der Waals surface area (Å²) in [6.45, 7) is 4.12. The molecule has 0 aliphatic carbocycles. The lowest BCUT2D eigenvalue weighted by Gasteiger charge is -2.00. The lowest BCUT2D eigenvalue weighted by atomic mass is 10.1. The molecule has 0 atom stereocenters. The van der Waals surface area contributed by atoms with Crippen LogP contribution in [-0.4, -0.2) is 9.78 Å². The van der Waals surface area contributed by atoms with Crippen LogP contribution in [0.5, 0.6) is 0 Å². The Kier molecular flexibility index (Phi) is 2.27. The Morgan fingerprint density at radius 3 is 2.64 bits per heavy atom. The molecule has 1 aromatic rings. The molecule has 62 valence electrons. The third-order valence-corrected chi connectivity index (χ3v) is 1.56. The molecule has 0 saturated heterocycles. The van der Waals surface area contributed by atoms with Crippen LogP contribution in [0.25, 0.3) is 0 Å². The average Bonchev–Trinajstić information content (AvgIpc) is 2.18. The lowest BCUT2D eigenvalue weighted by Crippen LogP contribution is -1.98. The molecule has 1 aromatic heterocycles. The van der Waals surface area contributed by atoms with Crippen LogP contribution in [0.2, 0.25) is 0 Å². The molecule has 0 N–H and O–H groups in total. The van der Waals surface area contributed by atoms with Crippen molar-refractivity contribution in [2.24, 2.45) is 13.0 Å². The predicted molar refractivity (Wildman–Crippen MR) is 41.7 cm³/mol. The van der Waals surface area contributed by atoms with E-state index >= 15 is 0 Å². The predicted octanol–water partition coefficient (Wildman–Crippen LogP) is 1.76. The third-order valence-electron chi connectivity index (χ3n) is 1.56. The van der Waals surface area contributed by atoms with Gasteiger partial charge in [0, 0.05) is 12.6 Å². The first kappa shape index (κ1) is 8.24. The standard InChI is InChI=1S/C8H13FN2/c1-6(2)4-7-5-10-11(3)8(7)9/h5-6H,4H2,1-3H3. The maximum atomic E-state index is 13.0. The maximum Gasteiger partial charge on any atom is 0.214 e. The fourth-order valence-electron chi connectivity index (χ4n) is 1.04. The molecule has 1 rings (SSSR count). The molecule has 0 spiro atoms. The van der Waals surface area contributed by atoms with Crippen LogP contribution in [0.4, 0.5) is 4.39 Å². The highest BCUT2D eigenvalue weighted by molar-refractivity contribution is 5.06. The Balaban J connectivity index is 2.79. The molecule has 2 nitrogen and oxygen atoms in total. The first-order valence-electron chi connectivity index (χ1n) is 3.77. The first-order valence-corrected chi connectivity index (χ1v) is 3.77. The quantitative estimate of drug-likeness (QED) is 0.638. The summed E-state index contributed by atoms with van der Waals surface area (Å²) in [6, 6.07) is 0. The summed E-state index contributed by atoms with van der Waals surface area (Å²) in [5, 5.41) is 3.81. The molecule has 0 unspecified atom stereocenters. The van der Waals surface area contributed by atoms with Crippen LogP contribution >= 0.6 is 0 Å². The van der Waals surface area contributed by atoms with E-state index in [1.54, 1.807) is 13.2 Å². The minimum absolute atomic E-state index is 0.210. The molecule has 0 aromatic carbocycles. The lowest BCUT2D eigenvalue weighted by molar-refractivity contribution is 0.487. The van der Waals surface area contributed by atoms with Crippen LogP contribution < -0.4 is 0 Å². The summed E-state index contributed by atoms with van der Waals surface area (Å²) in [6.07, 6.45) is 2.36. The van der Waals surface area contributed by atoms with Crippen LogP contribution in [0.15, 0.2) is 6.20 Å². The minimum atomic E-state index is -0.210. The molecule has 0 amide bonds. The fourth-order valence-corrected chi connectivity index (χ4v) is 1.04. The molecule has 0 saturated carbocycles.